The molecule has 0 amide bonds. The number of nitrogens with zero attached hydrogens (tertiary/aromatic N) is 1. The minimum atomic E-state index is -0.140. The third kappa shape index (κ3) is 2.84. The first kappa shape index (κ1) is 18.1. The molecular formula is C16H28B4N2O. The molecule has 120 valence electrons. The molecule has 23 heavy (non-hydrogen) atoms. The molecule has 2 aromatic rings. The third-order valence-electron chi connectivity index (χ3n) is 5.64. The molecule has 0 radical (unpaired) electrons. The summed E-state index contributed by atoms with van der Waals surface area (Å²) in [6, 6.07) is 6.56. The van der Waals surface area contributed by atoms with Gasteiger partial charge in [0.2, 0.25) is 0 Å². The Bertz CT molecular complexity index is 686. The minimum Gasteiger partial charge on any atom is -0.507 e. The smallest absolute Gasteiger partial charge is 0.125 e. The van der Waals surface area contributed by atoms with Crippen LogP contribution in [0.5, 0.6) is 5.75 Å². The number of aromatic amines is 1. The highest BCUT2D eigenvalue weighted by molar-refractivity contribution is 6.54. The summed E-state index contributed by atoms with van der Waals surface area (Å²) in [6.07, 6.45) is 2.06. The lowest BCUT2D eigenvalue weighted by atomic mass is 9.31. The Morgan fingerprint density at radius 2 is 1.61 bits per heavy atom. The van der Waals surface area contributed by atoms with Gasteiger partial charge in [-0.3, -0.25) is 0 Å². The van der Waals surface area contributed by atoms with E-state index in [0.717, 1.165) is 10.9 Å². The lowest BCUT2D eigenvalue weighted by Crippen LogP contribution is -2.68. The summed E-state index contributed by atoms with van der Waals surface area (Å²) >= 11 is 0. The average Bonchev–Trinajstić information content (AvgIpc) is 2.82. The van der Waals surface area contributed by atoms with Crippen LogP contribution in [0.1, 0.15) is 33.3 Å². The molecule has 1 heterocycles. The van der Waals surface area contributed by atoms with Crippen LogP contribution in [0, 0.1) is 0 Å². The summed E-state index contributed by atoms with van der Waals surface area (Å²) in [5.74, 6) is 0.350. The Balaban J connectivity index is 2.63. The fourth-order valence-corrected chi connectivity index (χ4v) is 4.20. The van der Waals surface area contributed by atoms with Gasteiger partial charge in [-0.15, -0.1) is 0 Å². The van der Waals surface area contributed by atoms with E-state index in [9.17, 15) is 5.11 Å². The number of hydrogen-bond donors (Lipinski definition) is 2. The van der Waals surface area contributed by atoms with Crippen molar-refractivity contribution < 1.29 is 5.11 Å². The third-order valence-corrected chi connectivity index (χ3v) is 5.64. The van der Waals surface area contributed by atoms with Crippen LogP contribution in [0.3, 0.4) is 0 Å². The molecule has 0 spiro atoms. The van der Waals surface area contributed by atoms with Gasteiger partial charge in [0, 0.05) is 29.2 Å². The summed E-state index contributed by atoms with van der Waals surface area (Å²) in [6.45, 7) is 9.02. The summed E-state index contributed by atoms with van der Waals surface area (Å²) in [7, 11) is 9.18. The van der Waals surface area contributed by atoms with E-state index >= 15 is 0 Å². The van der Waals surface area contributed by atoms with Gasteiger partial charge in [0.25, 0.3) is 0 Å². The largest absolute Gasteiger partial charge is 0.507 e. The van der Waals surface area contributed by atoms with Crippen LogP contribution < -0.4 is 0 Å². The van der Waals surface area contributed by atoms with Crippen molar-refractivity contribution in [3.8, 4) is 5.75 Å². The number of benzene rings is 1. The molecule has 0 saturated carbocycles. The number of aromatic nitrogens is 1. The maximum atomic E-state index is 10.4. The lowest BCUT2D eigenvalue weighted by molar-refractivity contribution is 0.121. The van der Waals surface area contributed by atoms with Gasteiger partial charge in [-0.05, 0) is 50.7 Å². The van der Waals surface area contributed by atoms with Crippen molar-refractivity contribution in [1.82, 2.24) is 9.88 Å². The second-order valence-electron chi connectivity index (χ2n) is 8.18. The summed E-state index contributed by atoms with van der Waals surface area (Å²) in [5, 5.41) is 11.1. The molecule has 0 aliphatic carbocycles. The maximum absolute atomic E-state index is 10.4. The van der Waals surface area contributed by atoms with E-state index < -0.39 is 0 Å². The number of hydrogen-bond acceptors (Lipinski definition) is 2. The topological polar surface area (TPSA) is 39.3 Å². The zero-order valence-corrected chi connectivity index (χ0v) is 15.9. The summed E-state index contributed by atoms with van der Waals surface area (Å²) < 4.78 is 0. The van der Waals surface area contributed by atoms with Gasteiger partial charge < -0.3 is 15.0 Å². The van der Waals surface area contributed by atoms with Gasteiger partial charge in [0.15, 0.2) is 0 Å². The molecule has 1 aromatic carbocycles. The van der Waals surface area contributed by atoms with E-state index in [4.69, 9.17) is 0 Å². The van der Waals surface area contributed by atoms with Crippen molar-refractivity contribution in [2.45, 2.75) is 50.3 Å². The molecule has 7 heteroatoms. The predicted molar refractivity (Wildman–Crippen MR) is 111 cm³/mol. The summed E-state index contributed by atoms with van der Waals surface area (Å²) in [5.41, 5.74) is 2.16. The second-order valence-corrected chi connectivity index (χ2v) is 8.18. The van der Waals surface area contributed by atoms with Crippen LogP contribution in [0.4, 0.5) is 0 Å². The molecule has 0 fully saturated rings. The fraction of sp³-hybridized carbons (Fsp3) is 0.500. The highest BCUT2D eigenvalue weighted by atomic mass is 16.3. The minimum absolute atomic E-state index is 0.0766. The zero-order valence-electron chi connectivity index (χ0n) is 15.9. The quantitative estimate of drug-likeness (QED) is 0.720. The SMILES string of the molecule is BC(B)(c1c[nH]c2cccc(O)c12)C(B)(B)N(C(C)C)C(C)C. The molecule has 0 aliphatic heterocycles. The molecule has 0 aliphatic rings. The van der Waals surface area contributed by atoms with Gasteiger partial charge in [-0.25, -0.2) is 0 Å². The fourth-order valence-electron chi connectivity index (χ4n) is 4.20. The number of nitrogens with one attached hydrogen (secondary N) is 1. The first-order chi connectivity index (χ1) is 10.5. The first-order valence-corrected chi connectivity index (χ1v) is 8.59. The first-order valence-electron chi connectivity index (χ1n) is 8.59. The van der Waals surface area contributed by atoms with Crippen LogP contribution in [0.25, 0.3) is 10.9 Å². The predicted octanol–water partition coefficient (Wildman–Crippen LogP) is -0.669. The van der Waals surface area contributed by atoms with Crippen molar-refractivity contribution >= 4 is 42.3 Å². The van der Waals surface area contributed by atoms with Crippen molar-refractivity contribution in [2.24, 2.45) is 0 Å². The molecule has 0 bridgehead atoms. The second kappa shape index (κ2) is 6.01. The highest BCUT2D eigenvalue weighted by Crippen LogP contribution is 2.39. The Kier molecular flexibility index (Phi) is 4.74. The standard InChI is InChI=1S/C16H28B4N2O/c1-9(2)22(10(3)4)16(19,20)15(17,18)11-8-21-12-6-5-7-13(23)14(11)12/h5-10,21,23H,17-20H2,1-4H3. The highest BCUT2D eigenvalue weighted by Gasteiger charge is 2.45. The average molecular weight is 308 g/mol. The van der Waals surface area contributed by atoms with Gasteiger partial charge in [-0.2, -0.15) is 0 Å². The zero-order chi connectivity index (χ0) is 17.6. The number of rotatable bonds is 5. The van der Waals surface area contributed by atoms with Gasteiger partial charge >= 0.3 is 0 Å². The monoisotopic (exact) mass is 308 g/mol. The van der Waals surface area contributed by atoms with E-state index in [1.807, 2.05) is 12.1 Å². The van der Waals surface area contributed by atoms with Crippen molar-refractivity contribution in [1.29, 1.82) is 0 Å². The number of fused-ring (bicyclic) bond motifs is 1. The van der Waals surface area contributed by atoms with Crippen LogP contribution >= 0.6 is 0 Å². The number of H-pyrrole nitrogens is 1. The number of phenols is 1. The van der Waals surface area contributed by atoms with Crippen molar-refractivity contribution in [3.05, 3.63) is 30.0 Å². The number of phenolic OH excluding ortho intramolecular Hbond substituents is 1. The van der Waals surface area contributed by atoms with Gasteiger partial charge in [0.05, 0.1) is 0 Å². The molecule has 3 nitrogen and oxygen atoms in total. The van der Waals surface area contributed by atoms with Gasteiger partial charge in [0.1, 0.15) is 37.1 Å². The Morgan fingerprint density at radius 3 is 2.13 bits per heavy atom. The molecular weight excluding hydrogens is 279 g/mol. The maximum Gasteiger partial charge on any atom is 0.125 e. The normalized spacial score (nSPS) is 13.5. The molecule has 2 N–H and O–H groups in total. The van der Waals surface area contributed by atoms with Crippen LogP contribution in [0.15, 0.2) is 24.4 Å². The van der Waals surface area contributed by atoms with E-state index in [1.54, 1.807) is 6.07 Å². The van der Waals surface area contributed by atoms with Crippen LogP contribution in [0.2, 0.25) is 0 Å². The van der Waals surface area contributed by atoms with Crippen molar-refractivity contribution in [2.75, 3.05) is 0 Å². The Morgan fingerprint density at radius 1 is 1.04 bits per heavy atom. The molecule has 1 aromatic heterocycles. The van der Waals surface area contributed by atoms with E-state index in [0.29, 0.717) is 17.8 Å². The molecule has 0 saturated heterocycles. The Labute approximate surface area is 143 Å². The molecule has 2 rings (SSSR count). The summed E-state index contributed by atoms with van der Waals surface area (Å²) in [4.78, 5) is 5.89. The lowest BCUT2D eigenvalue weighted by Gasteiger charge is -2.54. The van der Waals surface area contributed by atoms with E-state index in [-0.39, 0.29) is 10.6 Å². The van der Waals surface area contributed by atoms with E-state index in [2.05, 4.69) is 75.2 Å². The molecule has 0 atom stereocenters. The molecule has 0 unspecified atom stereocenters. The van der Waals surface area contributed by atoms with Gasteiger partial charge in [-0.1, -0.05) is 11.3 Å². The Hall–Kier alpha value is -1.22. The van der Waals surface area contributed by atoms with Crippen molar-refractivity contribution in [3.63, 3.8) is 0 Å². The van der Waals surface area contributed by atoms with Crippen LogP contribution in [-0.4, -0.2) is 63.8 Å². The van der Waals surface area contributed by atoms with Crippen LogP contribution in [-0.2, 0) is 5.21 Å². The van der Waals surface area contributed by atoms with E-state index in [1.165, 1.54) is 5.56 Å². The number of aromatic hydroxyl groups is 1.